The number of aliphatic hydroxyl groups is 2. The van der Waals surface area contributed by atoms with Gasteiger partial charge in [-0.05, 0) is 31.6 Å². The highest BCUT2D eigenvalue weighted by molar-refractivity contribution is 6.99. The maximum absolute atomic E-state index is 10.5. The summed E-state index contributed by atoms with van der Waals surface area (Å²) < 4.78 is 13.0. The quantitative estimate of drug-likeness (QED) is 0.668. The van der Waals surface area contributed by atoms with E-state index >= 15 is 0 Å². The van der Waals surface area contributed by atoms with Crippen molar-refractivity contribution in [1.29, 1.82) is 0 Å². The molecule has 0 saturated heterocycles. The van der Waals surface area contributed by atoms with Gasteiger partial charge in [0.2, 0.25) is 5.88 Å². The first-order valence-electron chi connectivity index (χ1n) is 7.63. The number of nitrogens with zero attached hydrogens (tertiary/aromatic N) is 2. The molecule has 0 radical (unpaired) electrons. The Kier molecular flexibility index (Phi) is 6.35. The molecule has 0 amide bonds. The summed E-state index contributed by atoms with van der Waals surface area (Å²) in [7, 11) is 0. The molecule has 1 aromatic rings. The van der Waals surface area contributed by atoms with Crippen LogP contribution in [0.4, 0.5) is 0 Å². The van der Waals surface area contributed by atoms with Crippen LogP contribution in [0.3, 0.4) is 0 Å². The van der Waals surface area contributed by atoms with E-state index in [0.29, 0.717) is 19.0 Å². The average molecular weight is 315 g/mol. The maximum Gasteiger partial charge on any atom is 0.245 e. The first kappa shape index (κ1) is 16.6. The fourth-order valence-electron chi connectivity index (χ4n) is 2.73. The van der Waals surface area contributed by atoms with Crippen LogP contribution < -0.4 is 10.1 Å². The molecule has 0 bridgehead atoms. The molecule has 120 valence electrons. The van der Waals surface area contributed by atoms with Gasteiger partial charge in [-0.2, -0.15) is 4.37 Å². The Morgan fingerprint density at radius 2 is 2.29 bits per heavy atom. The molecule has 1 aliphatic carbocycles. The van der Waals surface area contributed by atoms with Crippen LogP contribution in [0.2, 0.25) is 0 Å². The van der Waals surface area contributed by atoms with E-state index in [1.54, 1.807) is 0 Å². The van der Waals surface area contributed by atoms with Crippen molar-refractivity contribution in [2.24, 2.45) is 5.92 Å². The van der Waals surface area contributed by atoms with Crippen molar-refractivity contribution in [2.75, 3.05) is 19.7 Å². The van der Waals surface area contributed by atoms with Crippen molar-refractivity contribution in [3.8, 4) is 5.88 Å². The predicted octanol–water partition coefficient (Wildman–Crippen LogP) is 1.20. The standard InChI is InChI=1S/C14H25N3O3S/c1-2-11-3-5-14(19,6-4-11)10-15-7-12(18)9-20-13-8-16-21-17-13/h8,11-12,15,18-19H,2-7,9-10H2,1H3. The summed E-state index contributed by atoms with van der Waals surface area (Å²) in [5.74, 6) is 1.20. The average Bonchev–Trinajstić information content (AvgIpc) is 2.99. The second-order valence-electron chi connectivity index (χ2n) is 5.92. The van der Waals surface area contributed by atoms with Gasteiger partial charge in [0.05, 0.1) is 17.3 Å². The van der Waals surface area contributed by atoms with E-state index in [1.807, 2.05) is 0 Å². The molecular formula is C14H25N3O3S. The number of nitrogens with one attached hydrogen (secondary N) is 1. The molecule has 1 fully saturated rings. The minimum absolute atomic E-state index is 0.175. The van der Waals surface area contributed by atoms with Crippen LogP contribution in [-0.4, -0.2) is 50.4 Å². The SMILES string of the molecule is CCC1CCC(O)(CNCC(O)COc2cnsn2)CC1. The van der Waals surface area contributed by atoms with Gasteiger partial charge in [-0.3, -0.25) is 0 Å². The van der Waals surface area contributed by atoms with Gasteiger partial charge < -0.3 is 20.3 Å². The summed E-state index contributed by atoms with van der Waals surface area (Å²) >= 11 is 1.07. The number of hydrogen-bond acceptors (Lipinski definition) is 7. The van der Waals surface area contributed by atoms with E-state index in [9.17, 15) is 10.2 Å². The molecule has 1 aromatic heterocycles. The summed E-state index contributed by atoms with van der Waals surface area (Å²) in [6.07, 6.45) is 5.98. The lowest BCUT2D eigenvalue weighted by atomic mass is 9.78. The van der Waals surface area contributed by atoms with E-state index in [0.717, 1.165) is 43.3 Å². The third kappa shape index (κ3) is 5.50. The van der Waals surface area contributed by atoms with Gasteiger partial charge in [-0.25, -0.2) is 0 Å². The number of hydrogen-bond donors (Lipinski definition) is 3. The third-order valence-electron chi connectivity index (χ3n) is 4.21. The molecule has 1 atom stereocenters. The molecule has 21 heavy (non-hydrogen) atoms. The van der Waals surface area contributed by atoms with Crippen molar-refractivity contribution in [3.05, 3.63) is 6.20 Å². The fraction of sp³-hybridized carbons (Fsp3) is 0.857. The van der Waals surface area contributed by atoms with Crippen LogP contribution in [0, 0.1) is 5.92 Å². The Bertz CT molecular complexity index is 394. The molecule has 0 aromatic carbocycles. The predicted molar refractivity (Wildman–Crippen MR) is 81.5 cm³/mol. The van der Waals surface area contributed by atoms with Crippen molar-refractivity contribution in [1.82, 2.24) is 14.1 Å². The smallest absolute Gasteiger partial charge is 0.245 e. The Morgan fingerprint density at radius 1 is 1.52 bits per heavy atom. The number of ether oxygens (including phenoxy) is 1. The zero-order valence-electron chi connectivity index (χ0n) is 12.5. The Balaban J connectivity index is 1.60. The summed E-state index contributed by atoms with van der Waals surface area (Å²) in [6.45, 7) is 3.31. The first-order chi connectivity index (χ1) is 10.1. The first-order valence-corrected chi connectivity index (χ1v) is 8.36. The molecule has 7 heteroatoms. The molecule has 0 aliphatic heterocycles. The van der Waals surface area contributed by atoms with E-state index in [4.69, 9.17) is 4.74 Å². The lowest BCUT2D eigenvalue weighted by molar-refractivity contribution is -0.0114. The Morgan fingerprint density at radius 3 is 2.90 bits per heavy atom. The van der Waals surface area contributed by atoms with Gasteiger partial charge in [0.1, 0.15) is 18.9 Å². The zero-order valence-corrected chi connectivity index (χ0v) is 13.3. The molecular weight excluding hydrogens is 290 g/mol. The van der Waals surface area contributed by atoms with Gasteiger partial charge in [0, 0.05) is 13.1 Å². The number of aromatic nitrogens is 2. The zero-order chi connectivity index (χ0) is 15.1. The highest BCUT2D eigenvalue weighted by Gasteiger charge is 2.32. The lowest BCUT2D eigenvalue weighted by Gasteiger charge is -2.36. The van der Waals surface area contributed by atoms with Crippen LogP contribution in [0.25, 0.3) is 0 Å². The Labute approximate surface area is 129 Å². The highest BCUT2D eigenvalue weighted by atomic mass is 32.1. The molecule has 1 aliphatic rings. The molecule has 3 N–H and O–H groups in total. The topological polar surface area (TPSA) is 87.5 Å². The summed E-state index contributed by atoms with van der Waals surface area (Å²) in [4.78, 5) is 0. The number of aliphatic hydroxyl groups excluding tert-OH is 1. The van der Waals surface area contributed by atoms with Crippen molar-refractivity contribution >= 4 is 11.7 Å². The normalized spacial score (nSPS) is 27.5. The second-order valence-corrected chi connectivity index (χ2v) is 6.47. The minimum atomic E-state index is -0.623. The van der Waals surface area contributed by atoms with E-state index in [-0.39, 0.29) is 6.61 Å². The second kappa shape index (κ2) is 8.03. The molecule has 2 rings (SSSR count). The Hall–Kier alpha value is -0.760. The van der Waals surface area contributed by atoms with Crippen LogP contribution >= 0.6 is 11.7 Å². The van der Waals surface area contributed by atoms with Gasteiger partial charge in [0.15, 0.2) is 0 Å². The fourth-order valence-corrected chi connectivity index (χ4v) is 3.10. The monoisotopic (exact) mass is 315 g/mol. The van der Waals surface area contributed by atoms with Crippen molar-refractivity contribution in [2.45, 2.75) is 50.7 Å². The van der Waals surface area contributed by atoms with Crippen LogP contribution in [-0.2, 0) is 0 Å². The third-order valence-corrected chi connectivity index (χ3v) is 4.67. The summed E-state index contributed by atoms with van der Waals surface area (Å²) in [5.41, 5.74) is -0.620. The number of rotatable bonds is 8. The van der Waals surface area contributed by atoms with Gasteiger partial charge in [-0.1, -0.05) is 13.3 Å². The van der Waals surface area contributed by atoms with Crippen LogP contribution in [0.15, 0.2) is 6.20 Å². The molecule has 1 saturated carbocycles. The minimum Gasteiger partial charge on any atom is -0.473 e. The van der Waals surface area contributed by atoms with Gasteiger partial charge in [0.25, 0.3) is 0 Å². The lowest BCUT2D eigenvalue weighted by Crippen LogP contribution is -2.45. The van der Waals surface area contributed by atoms with E-state index in [1.165, 1.54) is 12.6 Å². The van der Waals surface area contributed by atoms with Crippen LogP contribution in [0.1, 0.15) is 39.0 Å². The highest BCUT2D eigenvalue weighted by Crippen LogP contribution is 2.33. The van der Waals surface area contributed by atoms with Crippen molar-refractivity contribution < 1.29 is 14.9 Å². The van der Waals surface area contributed by atoms with E-state index < -0.39 is 11.7 Å². The largest absolute Gasteiger partial charge is 0.473 e. The summed E-state index contributed by atoms with van der Waals surface area (Å²) in [6, 6.07) is 0. The van der Waals surface area contributed by atoms with E-state index in [2.05, 4.69) is 21.0 Å². The van der Waals surface area contributed by atoms with Gasteiger partial charge >= 0.3 is 0 Å². The molecule has 0 spiro atoms. The van der Waals surface area contributed by atoms with Crippen molar-refractivity contribution in [3.63, 3.8) is 0 Å². The van der Waals surface area contributed by atoms with Crippen LogP contribution in [0.5, 0.6) is 5.88 Å². The molecule has 1 heterocycles. The van der Waals surface area contributed by atoms with Gasteiger partial charge in [-0.15, -0.1) is 4.37 Å². The summed E-state index contributed by atoms with van der Waals surface area (Å²) in [5, 5.41) is 23.5. The molecule has 1 unspecified atom stereocenters. The molecule has 6 nitrogen and oxygen atoms in total. The maximum atomic E-state index is 10.5.